The Morgan fingerprint density at radius 2 is 1.90 bits per heavy atom. The van der Waals surface area contributed by atoms with Crippen molar-refractivity contribution in [1.29, 1.82) is 0 Å². The molecule has 0 aliphatic rings. The second-order valence-electron chi connectivity index (χ2n) is 3.15. The van der Waals surface area contributed by atoms with E-state index in [9.17, 15) is 5.11 Å². The van der Waals surface area contributed by atoms with Gasteiger partial charge in [-0.3, -0.25) is 0 Å². The maximum atomic E-state index is 9.24. The van der Waals surface area contributed by atoms with Crippen LogP contribution < -0.4 is 0 Å². The SMILES string of the molecule is CC(C)C[C@@H](O)CCCO. The lowest BCUT2D eigenvalue weighted by Crippen LogP contribution is -2.10. The Bertz CT molecular complexity index is 71.7. The normalized spacial score (nSPS) is 14.1. The van der Waals surface area contributed by atoms with Crippen LogP contribution in [0, 0.1) is 5.92 Å². The minimum absolute atomic E-state index is 0.190. The van der Waals surface area contributed by atoms with Gasteiger partial charge in [-0.2, -0.15) is 0 Å². The molecule has 62 valence electrons. The molecule has 2 nitrogen and oxygen atoms in total. The summed E-state index contributed by atoms with van der Waals surface area (Å²) in [7, 11) is 0. The average molecular weight is 146 g/mol. The van der Waals surface area contributed by atoms with Crippen molar-refractivity contribution in [3.63, 3.8) is 0 Å². The topological polar surface area (TPSA) is 40.5 Å². The molecule has 1 atom stereocenters. The zero-order chi connectivity index (χ0) is 7.98. The first kappa shape index (κ1) is 9.92. The van der Waals surface area contributed by atoms with E-state index in [0.717, 1.165) is 12.8 Å². The van der Waals surface area contributed by atoms with Crippen molar-refractivity contribution >= 4 is 0 Å². The smallest absolute Gasteiger partial charge is 0.0543 e. The van der Waals surface area contributed by atoms with Crippen LogP contribution in [-0.4, -0.2) is 22.9 Å². The van der Waals surface area contributed by atoms with Crippen molar-refractivity contribution < 1.29 is 10.2 Å². The maximum Gasteiger partial charge on any atom is 0.0543 e. The first-order chi connectivity index (χ1) is 4.66. The van der Waals surface area contributed by atoms with E-state index < -0.39 is 0 Å². The summed E-state index contributed by atoms with van der Waals surface area (Å²) in [6.07, 6.45) is 2.08. The Kier molecular flexibility index (Phi) is 5.64. The van der Waals surface area contributed by atoms with E-state index >= 15 is 0 Å². The van der Waals surface area contributed by atoms with Crippen molar-refractivity contribution in [1.82, 2.24) is 0 Å². The lowest BCUT2D eigenvalue weighted by molar-refractivity contribution is 0.127. The molecule has 0 rings (SSSR count). The number of hydrogen-bond donors (Lipinski definition) is 2. The molecule has 0 unspecified atom stereocenters. The molecule has 0 aliphatic carbocycles. The first-order valence-corrected chi connectivity index (χ1v) is 3.95. The first-order valence-electron chi connectivity index (χ1n) is 3.95. The molecule has 0 aromatic rings. The second-order valence-corrected chi connectivity index (χ2v) is 3.15. The van der Waals surface area contributed by atoms with Crippen LogP contribution in [0.15, 0.2) is 0 Å². The van der Waals surface area contributed by atoms with Crippen molar-refractivity contribution in [2.75, 3.05) is 6.61 Å². The molecule has 0 saturated carbocycles. The molecule has 0 aromatic heterocycles. The van der Waals surface area contributed by atoms with E-state index in [1.54, 1.807) is 0 Å². The molecule has 0 saturated heterocycles. The number of aliphatic hydroxyl groups is 2. The summed E-state index contributed by atoms with van der Waals surface area (Å²) in [5.41, 5.74) is 0. The zero-order valence-electron chi connectivity index (χ0n) is 6.88. The van der Waals surface area contributed by atoms with Gasteiger partial charge in [-0.05, 0) is 25.2 Å². The average Bonchev–Trinajstić information content (AvgIpc) is 1.82. The van der Waals surface area contributed by atoms with Gasteiger partial charge in [0.2, 0.25) is 0 Å². The highest BCUT2D eigenvalue weighted by Crippen LogP contribution is 2.08. The summed E-state index contributed by atoms with van der Waals surface area (Å²) in [6.45, 7) is 4.36. The molecule has 2 heteroatoms. The van der Waals surface area contributed by atoms with Gasteiger partial charge in [-0.15, -0.1) is 0 Å². The molecule has 0 aromatic carbocycles. The van der Waals surface area contributed by atoms with Crippen LogP contribution in [-0.2, 0) is 0 Å². The van der Waals surface area contributed by atoms with Crippen LogP contribution in [0.2, 0.25) is 0 Å². The lowest BCUT2D eigenvalue weighted by Gasteiger charge is -2.11. The Labute approximate surface area is 62.9 Å². The summed E-state index contributed by atoms with van der Waals surface area (Å²) < 4.78 is 0. The second kappa shape index (κ2) is 5.69. The van der Waals surface area contributed by atoms with Gasteiger partial charge >= 0.3 is 0 Å². The van der Waals surface area contributed by atoms with Gasteiger partial charge in [0, 0.05) is 6.61 Å². The van der Waals surface area contributed by atoms with E-state index in [1.807, 2.05) is 0 Å². The molecular formula is C8H18O2. The minimum Gasteiger partial charge on any atom is -0.396 e. The van der Waals surface area contributed by atoms with Gasteiger partial charge in [-0.1, -0.05) is 13.8 Å². The third-order valence-electron chi connectivity index (χ3n) is 1.44. The molecule has 0 aliphatic heterocycles. The number of aliphatic hydroxyl groups excluding tert-OH is 2. The molecule has 0 radical (unpaired) electrons. The van der Waals surface area contributed by atoms with Gasteiger partial charge in [0.25, 0.3) is 0 Å². The molecule has 0 bridgehead atoms. The fourth-order valence-corrected chi connectivity index (χ4v) is 0.989. The standard InChI is InChI=1S/C8H18O2/c1-7(2)6-8(10)4-3-5-9/h7-10H,3-6H2,1-2H3/t8-/m0/s1. The molecule has 0 heterocycles. The molecule has 0 spiro atoms. The van der Waals surface area contributed by atoms with Gasteiger partial charge in [0.05, 0.1) is 6.10 Å². The molecule has 2 N–H and O–H groups in total. The highest BCUT2D eigenvalue weighted by Gasteiger charge is 2.05. The van der Waals surface area contributed by atoms with Crippen molar-refractivity contribution in [2.45, 2.75) is 39.2 Å². The van der Waals surface area contributed by atoms with Crippen molar-refractivity contribution in [2.24, 2.45) is 5.92 Å². The summed E-state index contributed by atoms with van der Waals surface area (Å²) in [5.74, 6) is 0.550. The number of hydrogen-bond acceptors (Lipinski definition) is 2. The minimum atomic E-state index is -0.216. The Balaban J connectivity index is 3.16. The van der Waals surface area contributed by atoms with Crippen LogP contribution in [0.4, 0.5) is 0 Å². The molecule has 0 amide bonds. The van der Waals surface area contributed by atoms with Crippen LogP contribution in [0.3, 0.4) is 0 Å². The third-order valence-corrected chi connectivity index (χ3v) is 1.44. The number of rotatable bonds is 5. The fraction of sp³-hybridized carbons (Fsp3) is 1.00. The Morgan fingerprint density at radius 3 is 2.30 bits per heavy atom. The fourth-order valence-electron chi connectivity index (χ4n) is 0.989. The van der Waals surface area contributed by atoms with E-state index in [4.69, 9.17) is 5.11 Å². The molecule has 0 fully saturated rings. The van der Waals surface area contributed by atoms with Crippen LogP contribution in [0.25, 0.3) is 0 Å². The van der Waals surface area contributed by atoms with Crippen LogP contribution >= 0.6 is 0 Å². The van der Waals surface area contributed by atoms with Gasteiger partial charge < -0.3 is 10.2 Å². The predicted molar refractivity (Wildman–Crippen MR) is 41.8 cm³/mol. The quantitative estimate of drug-likeness (QED) is 0.611. The highest BCUT2D eigenvalue weighted by molar-refractivity contribution is 4.57. The Morgan fingerprint density at radius 1 is 1.30 bits per heavy atom. The van der Waals surface area contributed by atoms with Gasteiger partial charge in [-0.25, -0.2) is 0 Å². The zero-order valence-corrected chi connectivity index (χ0v) is 6.88. The summed E-state index contributed by atoms with van der Waals surface area (Å²) in [4.78, 5) is 0. The van der Waals surface area contributed by atoms with Crippen molar-refractivity contribution in [3.05, 3.63) is 0 Å². The maximum absolute atomic E-state index is 9.24. The van der Waals surface area contributed by atoms with E-state index in [0.29, 0.717) is 12.3 Å². The summed E-state index contributed by atoms with van der Waals surface area (Å²) in [5, 5.41) is 17.7. The van der Waals surface area contributed by atoms with E-state index in [-0.39, 0.29) is 12.7 Å². The van der Waals surface area contributed by atoms with Crippen LogP contribution in [0.5, 0.6) is 0 Å². The molecular weight excluding hydrogens is 128 g/mol. The largest absolute Gasteiger partial charge is 0.396 e. The lowest BCUT2D eigenvalue weighted by atomic mass is 10.0. The highest BCUT2D eigenvalue weighted by atomic mass is 16.3. The monoisotopic (exact) mass is 146 g/mol. The summed E-state index contributed by atoms with van der Waals surface area (Å²) in [6, 6.07) is 0. The van der Waals surface area contributed by atoms with E-state index in [2.05, 4.69) is 13.8 Å². The Hall–Kier alpha value is -0.0800. The van der Waals surface area contributed by atoms with Gasteiger partial charge in [0.15, 0.2) is 0 Å². The van der Waals surface area contributed by atoms with Crippen LogP contribution in [0.1, 0.15) is 33.1 Å². The molecule has 10 heavy (non-hydrogen) atoms. The predicted octanol–water partition coefficient (Wildman–Crippen LogP) is 1.17. The third kappa shape index (κ3) is 6.05. The summed E-state index contributed by atoms with van der Waals surface area (Å²) >= 11 is 0. The van der Waals surface area contributed by atoms with Crippen molar-refractivity contribution in [3.8, 4) is 0 Å². The van der Waals surface area contributed by atoms with E-state index in [1.165, 1.54) is 0 Å². The van der Waals surface area contributed by atoms with Gasteiger partial charge in [0.1, 0.15) is 0 Å².